The molecule has 3 N–H and O–H groups in total. The third kappa shape index (κ3) is 2.06. The van der Waals surface area contributed by atoms with Crippen molar-refractivity contribution in [3.05, 3.63) is 21.4 Å². The minimum atomic E-state index is 0.457. The maximum absolute atomic E-state index is 5.72. The van der Waals surface area contributed by atoms with Gasteiger partial charge in [-0.3, -0.25) is 0 Å². The van der Waals surface area contributed by atoms with Crippen LogP contribution in [0.1, 0.15) is 21.7 Å². The second-order valence-corrected chi connectivity index (χ2v) is 6.29. The van der Waals surface area contributed by atoms with Gasteiger partial charge in [0.25, 0.3) is 0 Å². The Morgan fingerprint density at radius 1 is 1.50 bits per heavy atom. The quantitative estimate of drug-likeness (QED) is 0.904. The lowest BCUT2D eigenvalue weighted by atomic mass is 10.2. The third-order valence-electron chi connectivity index (χ3n) is 3.10. The smallest absolute Gasteiger partial charge is 0.197 e. The molecule has 0 spiro atoms. The number of ether oxygens (including phenoxy) is 1. The summed E-state index contributed by atoms with van der Waals surface area (Å²) in [5.74, 6) is 1.11. The number of hydrogen-bond donors (Lipinski definition) is 2. The molecule has 2 aromatic rings. The van der Waals surface area contributed by atoms with Crippen molar-refractivity contribution in [2.24, 2.45) is 0 Å². The molecule has 0 unspecified atom stereocenters. The van der Waals surface area contributed by atoms with E-state index in [1.807, 2.05) is 11.3 Å². The molecule has 0 aromatic carbocycles. The Balaban J connectivity index is 1.70. The van der Waals surface area contributed by atoms with Crippen molar-refractivity contribution in [2.75, 3.05) is 18.2 Å². The summed E-state index contributed by atoms with van der Waals surface area (Å²) in [6, 6.07) is 2.32. The van der Waals surface area contributed by atoms with E-state index >= 15 is 0 Å². The van der Waals surface area contributed by atoms with Gasteiger partial charge in [-0.2, -0.15) is 4.37 Å². The van der Waals surface area contributed by atoms with Crippen molar-refractivity contribution in [3.8, 4) is 5.75 Å². The first-order chi connectivity index (χ1) is 8.78. The highest BCUT2D eigenvalue weighted by Crippen LogP contribution is 2.36. The summed E-state index contributed by atoms with van der Waals surface area (Å²) in [7, 11) is 1.62. The van der Waals surface area contributed by atoms with Gasteiger partial charge in [-0.15, -0.1) is 11.3 Å². The fraction of sp³-hybridized carbons (Fsp3) is 0.417. The van der Waals surface area contributed by atoms with E-state index in [0.29, 0.717) is 11.6 Å². The molecule has 0 aliphatic heterocycles. The molecule has 96 valence electrons. The highest BCUT2D eigenvalue weighted by Gasteiger charge is 2.16. The van der Waals surface area contributed by atoms with Gasteiger partial charge < -0.3 is 15.8 Å². The Hall–Kier alpha value is -1.27. The Kier molecular flexibility index (Phi) is 3.13. The van der Waals surface area contributed by atoms with Crippen LogP contribution in [0.5, 0.6) is 5.75 Å². The van der Waals surface area contributed by atoms with Crippen LogP contribution in [0.15, 0.2) is 6.07 Å². The predicted molar refractivity (Wildman–Crippen MR) is 76.7 cm³/mol. The second kappa shape index (κ2) is 4.78. The maximum Gasteiger partial charge on any atom is 0.197 e. The second-order valence-electron chi connectivity index (χ2n) is 4.30. The summed E-state index contributed by atoms with van der Waals surface area (Å²) in [6.45, 7) is 0.815. The summed E-state index contributed by atoms with van der Waals surface area (Å²) in [5.41, 5.74) is 7.25. The Labute approximate surface area is 114 Å². The van der Waals surface area contributed by atoms with E-state index in [1.54, 1.807) is 12.0 Å². The van der Waals surface area contributed by atoms with Crippen LogP contribution in [0, 0.1) is 0 Å². The first-order valence-electron chi connectivity index (χ1n) is 5.91. The summed E-state index contributed by atoms with van der Waals surface area (Å²) in [6.07, 6.45) is 3.80. The zero-order valence-electron chi connectivity index (χ0n) is 10.2. The molecule has 1 aliphatic rings. The number of aryl methyl sites for hydroxylation is 2. The van der Waals surface area contributed by atoms with Crippen molar-refractivity contribution < 1.29 is 4.74 Å². The number of rotatable bonds is 4. The lowest BCUT2D eigenvalue weighted by molar-refractivity contribution is 0.419. The lowest BCUT2D eigenvalue weighted by Gasteiger charge is -2.04. The van der Waals surface area contributed by atoms with Crippen LogP contribution in [-0.4, -0.2) is 11.5 Å². The molecular weight excluding hydrogens is 266 g/mol. The van der Waals surface area contributed by atoms with Gasteiger partial charge in [0.15, 0.2) is 16.6 Å². The predicted octanol–water partition coefficient (Wildman–Crippen LogP) is 2.90. The lowest BCUT2D eigenvalue weighted by Crippen LogP contribution is -1.98. The van der Waals surface area contributed by atoms with Crippen molar-refractivity contribution in [1.82, 2.24) is 4.37 Å². The molecule has 2 aromatic heterocycles. The van der Waals surface area contributed by atoms with Crippen LogP contribution in [0.4, 0.5) is 10.8 Å². The van der Waals surface area contributed by atoms with Crippen LogP contribution in [0.25, 0.3) is 0 Å². The van der Waals surface area contributed by atoms with Gasteiger partial charge >= 0.3 is 0 Å². The molecule has 2 heterocycles. The first-order valence-corrected chi connectivity index (χ1v) is 7.50. The fourth-order valence-electron chi connectivity index (χ4n) is 2.25. The van der Waals surface area contributed by atoms with Crippen LogP contribution in [0.2, 0.25) is 0 Å². The summed E-state index contributed by atoms with van der Waals surface area (Å²) >= 11 is 3.26. The minimum Gasteiger partial charge on any atom is -0.490 e. The Bertz CT molecular complexity index is 540. The van der Waals surface area contributed by atoms with E-state index < -0.39 is 0 Å². The normalized spacial score (nSPS) is 13.6. The van der Waals surface area contributed by atoms with Crippen LogP contribution < -0.4 is 15.8 Å². The number of aromatic nitrogens is 1. The zero-order chi connectivity index (χ0) is 12.5. The topological polar surface area (TPSA) is 60.2 Å². The van der Waals surface area contributed by atoms with Crippen molar-refractivity contribution in [1.29, 1.82) is 0 Å². The Morgan fingerprint density at radius 3 is 3.17 bits per heavy atom. The molecule has 4 nitrogen and oxygen atoms in total. The molecule has 0 fully saturated rings. The number of thiophene rings is 1. The van der Waals surface area contributed by atoms with E-state index in [-0.39, 0.29) is 0 Å². The van der Waals surface area contributed by atoms with Gasteiger partial charge in [-0.05, 0) is 42.4 Å². The number of fused-ring (bicyclic) bond motifs is 1. The van der Waals surface area contributed by atoms with Gasteiger partial charge in [0.2, 0.25) is 0 Å². The minimum absolute atomic E-state index is 0.457. The Morgan fingerprint density at radius 2 is 2.39 bits per heavy atom. The van der Waals surface area contributed by atoms with Gasteiger partial charge in [0, 0.05) is 9.75 Å². The van der Waals surface area contributed by atoms with Gasteiger partial charge in [0.1, 0.15) is 0 Å². The number of nitrogens with zero attached hydrogens (tertiary/aromatic N) is 1. The first kappa shape index (κ1) is 11.8. The van der Waals surface area contributed by atoms with Crippen molar-refractivity contribution in [2.45, 2.75) is 25.8 Å². The fourth-order valence-corrected chi connectivity index (χ4v) is 4.13. The average molecular weight is 281 g/mol. The molecule has 0 radical (unpaired) electrons. The van der Waals surface area contributed by atoms with Gasteiger partial charge in [0.05, 0.1) is 13.7 Å². The van der Waals surface area contributed by atoms with Crippen molar-refractivity contribution in [3.63, 3.8) is 0 Å². The van der Waals surface area contributed by atoms with Crippen LogP contribution in [0.3, 0.4) is 0 Å². The molecule has 1 aliphatic carbocycles. The monoisotopic (exact) mass is 281 g/mol. The number of nitrogens with two attached hydrogens (primary N) is 1. The van der Waals surface area contributed by atoms with Crippen LogP contribution >= 0.6 is 22.9 Å². The summed E-state index contributed by atoms with van der Waals surface area (Å²) < 4.78 is 9.31. The molecule has 0 amide bonds. The van der Waals surface area contributed by atoms with Gasteiger partial charge in [-0.1, -0.05) is 0 Å². The highest BCUT2D eigenvalue weighted by atomic mass is 32.1. The molecular formula is C12H15N3OS2. The van der Waals surface area contributed by atoms with E-state index in [4.69, 9.17) is 10.5 Å². The number of methoxy groups -OCH3 is 1. The van der Waals surface area contributed by atoms with E-state index in [1.165, 1.54) is 41.2 Å². The molecule has 3 rings (SSSR count). The number of anilines is 2. The number of nitrogen functional groups attached to an aromatic ring is 1. The van der Waals surface area contributed by atoms with Crippen molar-refractivity contribution >= 4 is 33.7 Å². The largest absolute Gasteiger partial charge is 0.490 e. The number of nitrogens with one attached hydrogen (secondary N) is 1. The van der Waals surface area contributed by atoms with E-state index in [0.717, 1.165) is 11.5 Å². The average Bonchev–Trinajstić information content (AvgIpc) is 3.00. The van der Waals surface area contributed by atoms with E-state index in [2.05, 4.69) is 15.8 Å². The standard InChI is InChI=1S/C12H15N3OS2/c1-16-10-11(13)15-18-12(10)14-6-8-5-7-3-2-4-9(7)17-8/h5,14H,2-4,6H2,1H3,(H2,13,15). The summed E-state index contributed by atoms with van der Waals surface area (Å²) in [5, 5.41) is 4.26. The van der Waals surface area contributed by atoms with Gasteiger partial charge in [-0.25, -0.2) is 0 Å². The SMILES string of the molecule is COc1c(N)nsc1NCc1cc2c(s1)CCC2. The zero-order valence-corrected chi connectivity index (χ0v) is 11.8. The molecule has 0 atom stereocenters. The highest BCUT2D eigenvalue weighted by molar-refractivity contribution is 7.12. The van der Waals surface area contributed by atoms with E-state index in [9.17, 15) is 0 Å². The molecule has 6 heteroatoms. The molecule has 0 saturated carbocycles. The maximum atomic E-state index is 5.72. The van der Waals surface area contributed by atoms with Crippen LogP contribution in [-0.2, 0) is 19.4 Å². The molecule has 0 bridgehead atoms. The number of hydrogen-bond acceptors (Lipinski definition) is 6. The molecule has 0 saturated heterocycles. The summed E-state index contributed by atoms with van der Waals surface area (Å²) in [4.78, 5) is 2.93. The third-order valence-corrected chi connectivity index (χ3v) is 5.14. The molecule has 18 heavy (non-hydrogen) atoms.